The van der Waals surface area contributed by atoms with Crippen LogP contribution in [0, 0.1) is 22.9 Å². The smallest absolute Gasteiger partial charge is 0.124 e. The van der Waals surface area contributed by atoms with Crippen LogP contribution in [0.25, 0.3) is 6.08 Å². The van der Waals surface area contributed by atoms with Crippen molar-refractivity contribution in [3.63, 3.8) is 0 Å². The zero-order valence-electron chi connectivity index (χ0n) is 7.24. The van der Waals surface area contributed by atoms with Crippen molar-refractivity contribution in [1.82, 2.24) is 4.57 Å². The first kappa shape index (κ1) is 8.21. The van der Waals surface area contributed by atoms with Gasteiger partial charge in [0.25, 0.3) is 0 Å². The van der Waals surface area contributed by atoms with Gasteiger partial charge in [0.2, 0.25) is 0 Å². The Balaban J connectivity index is 2.83. The van der Waals surface area contributed by atoms with Gasteiger partial charge in [0, 0.05) is 12.2 Å². The highest BCUT2D eigenvalue weighted by molar-refractivity contribution is 7.71. The third-order valence-corrected chi connectivity index (χ3v) is 2.64. The van der Waals surface area contributed by atoms with Crippen molar-refractivity contribution in [2.45, 2.75) is 13.5 Å². The van der Waals surface area contributed by atoms with Gasteiger partial charge in [-0.05, 0) is 24.6 Å². The number of hydrogen-bond acceptors (Lipinski definition) is 2. The van der Waals surface area contributed by atoms with Crippen molar-refractivity contribution in [1.29, 1.82) is 5.26 Å². The highest BCUT2D eigenvalue weighted by Gasteiger charge is 2.09. The van der Waals surface area contributed by atoms with Gasteiger partial charge in [-0.2, -0.15) is 5.26 Å². The molecule has 0 spiro atoms. The molecule has 0 unspecified atom stereocenters. The summed E-state index contributed by atoms with van der Waals surface area (Å²) in [5.41, 5.74) is 2.69. The maximum Gasteiger partial charge on any atom is 0.124 e. The molecule has 2 heterocycles. The summed E-state index contributed by atoms with van der Waals surface area (Å²) in [5, 5.41) is 8.88. The Bertz CT molecular complexity index is 489. The van der Waals surface area contributed by atoms with Gasteiger partial charge in [0.1, 0.15) is 10.7 Å². The second-order valence-electron chi connectivity index (χ2n) is 3.06. The molecule has 0 saturated carbocycles. The molecule has 0 radical (unpaired) electrons. The Morgan fingerprint density at radius 2 is 2.38 bits per heavy atom. The van der Waals surface area contributed by atoms with Crippen LogP contribution >= 0.6 is 12.2 Å². The van der Waals surface area contributed by atoms with Crippen LogP contribution in [0.2, 0.25) is 0 Å². The third-order valence-electron chi connectivity index (χ3n) is 2.22. The molecule has 2 rings (SSSR count). The Morgan fingerprint density at radius 1 is 1.62 bits per heavy atom. The van der Waals surface area contributed by atoms with E-state index in [1.54, 1.807) is 0 Å². The second kappa shape index (κ2) is 2.82. The molecule has 0 aliphatic carbocycles. The molecule has 0 atom stereocenters. The van der Waals surface area contributed by atoms with Gasteiger partial charge in [-0.1, -0.05) is 18.3 Å². The minimum Gasteiger partial charge on any atom is -0.328 e. The van der Waals surface area contributed by atoms with Crippen molar-refractivity contribution in [2.75, 3.05) is 0 Å². The van der Waals surface area contributed by atoms with Crippen molar-refractivity contribution >= 4 is 18.3 Å². The first-order valence-electron chi connectivity index (χ1n) is 4.05. The topological polar surface area (TPSA) is 28.7 Å². The summed E-state index contributed by atoms with van der Waals surface area (Å²) in [7, 11) is 0. The van der Waals surface area contributed by atoms with Gasteiger partial charge >= 0.3 is 0 Å². The molecule has 0 aromatic carbocycles. The normalized spacial score (nSPS) is 12.6. The Hall–Kier alpha value is -1.40. The molecule has 1 aliphatic heterocycles. The predicted molar refractivity (Wildman–Crippen MR) is 53.8 cm³/mol. The zero-order valence-corrected chi connectivity index (χ0v) is 8.06. The van der Waals surface area contributed by atoms with Gasteiger partial charge in [0.05, 0.1) is 5.56 Å². The fraction of sp³-hybridized carbons (Fsp3) is 0.200. The molecule has 0 amide bonds. The highest BCUT2D eigenvalue weighted by atomic mass is 32.1. The summed E-state index contributed by atoms with van der Waals surface area (Å²) in [6.07, 6.45) is 4.08. The Labute approximate surface area is 81.7 Å². The summed E-state index contributed by atoms with van der Waals surface area (Å²) in [4.78, 5) is 0. The number of allylic oxidation sites excluding steroid dienone is 1. The van der Waals surface area contributed by atoms with E-state index in [0.29, 0.717) is 10.2 Å². The number of aromatic nitrogens is 1. The fourth-order valence-electron chi connectivity index (χ4n) is 1.53. The zero-order chi connectivity index (χ0) is 9.42. The van der Waals surface area contributed by atoms with Gasteiger partial charge < -0.3 is 4.57 Å². The number of pyridine rings is 1. The Morgan fingerprint density at radius 3 is 3.08 bits per heavy atom. The molecule has 0 saturated heterocycles. The predicted octanol–water partition coefficient (Wildman–Crippen LogP) is 2.42. The van der Waals surface area contributed by atoms with E-state index in [1.165, 1.54) is 0 Å². The number of rotatable bonds is 0. The minimum atomic E-state index is 0.627. The standard InChI is InChI=1S/C10H8N2S/c1-7-5-8-3-2-4-12(8)10(13)9(7)6-11/h2-3,5H,4H2,1H3. The van der Waals surface area contributed by atoms with Crippen LogP contribution in [0.15, 0.2) is 12.1 Å². The maximum atomic E-state index is 8.88. The lowest BCUT2D eigenvalue weighted by atomic mass is 10.1. The molecule has 3 heteroatoms. The van der Waals surface area contributed by atoms with Gasteiger partial charge in [0.15, 0.2) is 0 Å². The van der Waals surface area contributed by atoms with Gasteiger partial charge in [-0.3, -0.25) is 0 Å². The summed E-state index contributed by atoms with van der Waals surface area (Å²) in [6.45, 7) is 2.71. The number of nitriles is 1. The number of nitrogens with zero attached hydrogens (tertiary/aromatic N) is 2. The summed E-state index contributed by atoms with van der Waals surface area (Å²) in [5.74, 6) is 0. The average Bonchev–Trinajstić information content (AvgIpc) is 2.53. The van der Waals surface area contributed by atoms with E-state index in [-0.39, 0.29) is 0 Å². The first-order chi connectivity index (χ1) is 6.24. The lowest BCUT2D eigenvalue weighted by Gasteiger charge is -2.07. The van der Waals surface area contributed by atoms with E-state index in [1.807, 2.05) is 29.7 Å². The van der Waals surface area contributed by atoms with Crippen LogP contribution in [0.5, 0.6) is 0 Å². The van der Waals surface area contributed by atoms with Crippen molar-refractivity contribution in [2.24, 2.45) is 0 Å². The van der Waals surface area contributed by atoms with Crippen LogP contribution in [-0.2, 0) is 6.54 Å². The molecule has 0 fully saturated rings. The highest BCUT2D eigenvalue weighted by Crippen LogP contribution is 2.18. The quantitative estimate of drug-likeness (QED) is 0.585. The third kappa shape index (κ3) is 1.11. The molecule has 1 aromatic heterocycles. The van der Waals surface area contributed by atoms with Gasteiger partial charge in [-0.15, -0.1) is 0 Å². The first-order valence-corrected chi connectivity index (χ1v) is 4.46. The van der Waals surface area contributed by atoms with E-state index in [9.17, 15) is 0 Å². The SMILES string of the molecule is Cc1cc2n(c(=S)c1C#N)CC=C2. The molecular weight excluding hydrogens is 180 g/mol. The Kier molecular flexibility index (Phi) is 1.78. The van der Waals surface area contributed by atoms with Crippen molar-refractivity contribution in [3.8, 4) is 6.07 Å². The lowest BCUT2D eigenvalue weighted by Crippen LogP contribution is -2.02. The minimum absolute atomic E-state index is 0.627. The summed E-state index contributed by atoms with van der Waals surface area (Å²) >= 11 is 5.21. The second-order valence-corrected chi connectivity index (χ2v) is 3.44. The summed E-state index contributed by atoms with van der Waals surface area (Å²) in [6, 6.07) is 4.14. The number of fused-ring (bicyclic) bond motifs is 1. The maximum absolute atomic E-state index is 8.88. The molecule has 64 valence electrons. The van der Waals surface area contributed by atoms with Crippen LogP contribution < -0.4 is 0 Å². The van der Waals surface area contributed by atoms with E-state index in [0.717, 1.165) is 17.8 Å². The summed E-state index contributed by atoms with van der Waals surface area (Å²) < 4.78 is 2.63. The van der Waals surface area contributed by atoms with Crippen molar-refractivity contribution < 1.29 is 0 Å². The lowest BCUT2D eigenvalue weighted by molar-refractivity contribution is 0.810. The van der Waals surface area contributed by atoms with Crippen LogP contribution in [0.3, 0.4) is 0 Å². The molecule has 1 aliphatic rings. The van der Waals surface area contributed by atoms with E-state index >= 15 is 0 Å². The fourth-order valence-corrected chi connectivity index (χ4v) is 1.92. The molecule has 0 N–H and O–H groups in total. The van der Waals surface area contributed by atoms with E-state index in [2.05, 4.69) is 6.07 Å². The largest absolute Gasteiger partial charge is 0.328 e. The molecular formula is C10H8N2S. The van der Waals surface area contributed by atoms with Crippen LogP contribution in [0.4, 0.5) is 0 Å². The van der Waals surface area contributed by atoms with E-state index < -0.39 is 0 Å². The van der Waals surface area contributed by atoms with Crippen LogP contribution in [-0.4, -0.2) is 4.57 Å². The monoisotopic (exact) mass is 188 g/mol. The average molecular weight is 188 g/mol. The van der Waals surface area contributed by atoms with E-state index in [4.69, 9.17) is 17.5 Å². The number of aryl methyl sites for hydroxylation is 1. The molecule has 13 heavy (non-hydrogen) atoms. The molecule has 1 aromatic rings. The van der Waals surface area contributed by atoms with Crippen molar-refractivity contribution in [3.05, 3.63) is 33.6 Å². The number of hydrogen-bond donors (Lipinski definition) is 0. The molecule has 0 bridgehead atoms. The van der Waals surface area contributed by atoms with Crippen LogP contribution in [0.1, 0.15) is 16.8 Å². The molecule has 2 nitrogen and oxygen atoms in total. The van der Waals surface area contributed by atoms with Gasteiger partial charge in [-0.25, -0.2) is 0 Å².